The van der Waals surface area contributed by atoms with E-state index in [0.29, 0.717) is 12.5 Å². The van der Waals surface area contributed by atoms with E-state index in [9.17, 15) is 4.79 Å². The molecule has 2 saturated heterocycles. The zero-order chi connectivity index (χ0) is 20.4. The summed E-state index contributed by atoms with van der Waals surface area (Å²) in [6.45, 7) is 16.0. The van der Waals surface area contributed by atoms with Gasteiger partial charge in [0.2, 0.25) is 0 Å². The quantitative estimate of drug-likeness (QED) is 0.417. The molecule has 2 heterocycles. The average molecular weight is 393 g/mol. The van der Waals surface area contributed by atoms with E-state index in [0.717, 1.165) is 57.7 Å². The summed E-state index contributed by atoms with van der Waals surface area (Å²) in [7, 11) is 0. The Balaban J connectivity index is 1.39. The maximum atomic E-state index is 12.6. The molecule has 2 aliphatic heterocycles. The number of allylic oxidation sites excluding steroid dienone is 3. The lowest BCUT2D eigenvalue weighted by atomic mass is 9.75. The number of carbonyl (C=O) groups excluding carboxylic acids is 1. The van der Waals surface area contributed by atoms with E-state index in [2.05, 4.69) is 53.3 Å². The Kier molecular flexibility index (Phi) is 5.64. The molecule has 1 aromatic carbocycles. The van der Waals surface area contributed by atoms with Crippen molar-refractivity contribution in [1.82, 2.24) is 9.80 Å². The summed E-state index contributed by atoms with van der Waals surface area (Å²) in [6, 6.07) is 8.76. The van der Waals surface area contributed by atoms with Crippen LogP contribution in [0.15, 0.2) is 60.8 Å². The van der Waals surface area contributed by atoms with E-state index in [1.54, 1.807) is 0 Å². The van der Waals surface area contributed by atoms with Crippen molar-refractivity contribution < 1.29 is 9.53 Å². The molecule has 2 unspecified atom stereocenters. The predicted octanol–water partition coefficient (Wildman–Crippen LogP) is 3.95. The lowest BCUT2D eigenvalue weighted by Gasteiger charge is -2.36. The van der Waals surface area contributed by atoms with Gasteiger partial charge in [-0.1, -0.05) is 49.1 Å². The molecular formula is C25H32N2O2. The highest BCUT2D eigenvalue weighted by Crippen LogP contribution is 2.52. The smallest absolute Gasteiger partial charge is 0.313 e. The highest BCUT2D eigenvalue weighted by Gasteiger charge is 2.55. The second-order valence-corrected chi connectivity index (χ2v) is 8.83. The van der Waals surface area contributed by atoms with Gasteiger partial charge < -0.3 is 9.64 Å². The minimum atomic E-state index is -0.380. The highest BCUT2D eigenvalue weighted by molar-refractivity contribution is 5.81. The Morgan fingerprint density at radius 2 is 2.03 bits per heavy atom. The Morgan fingerprint density at radius 3 is 2.79 bits per heavy atom. The molecule has 3 aliphatic rings. The topological polar surface area (TPSA) is 32.8 Å². The third-order valence-electron chi connectivity index (χ3n) is 6.76. The summed E-state index contributed by atoms with van der Waals surface area (Å²) in [5.74, 6) is 0.272. The van der Waals surface area contributed by atoms with Gasteiger partial charge in [-0.05, 0) is 43.4 Å². The largest absolute Gasteiger partial charge is 0.465 e. The van der Waals surface area contributed by atoms with E-state index >= 15 is 0 Å². The van der Waals surface area contributed by atoms with Crippen LogP contribution in [0.5, 0.6) is 0 Å². The average Bonchev–Trinajstić information content (AvgIpc) is 3.17. The first kappa shape index (κ1) is 20.0. The minimum absolute atomic E-state index is 0.0240. The number of fused-ring (bicyclic) bond motifs is 1. The van der Waals surface area contributed by atoms with Gasteiger partial charge in [0, 0.05) is 44.3 Å². The van der Waals surface area contributed by atoms with Crippen LogP contribution < -0.4 is 0 Å². The van der Waals surface area contributed by atoms with Crippen LogP contribution in [0.1, 0.15) is 30.9 Å². The number of rotatable bonds is 6. The fourth-order valence-corrected chi connectivity index (χ4v) is 5.21. The van der Waals surface area contributed by atoms with E-state index in [-0.39, 0.29) is 11.4 Å². The Bertz CT molecular complexity index is 835. The van der Waals surface area contributed by atoms with E-state index in [4.69, 9.17) is 4.74 Å². The van der Waals surface area contributed by atoms with Crippen molar-refractivity contribution in [2.75, 3.05) is 32.8 Å². The normalized spacial score (nSPS) is 27.5. The van der Waals surface area contributed by atoms with Gasteiger partial charge in [-0.3, -0.25) is 9.69 Å². The number of carbonyl (C=O) groups is 1. The summed E-state index contributed by atoms with van der Waals surface area (Å²) >= 11 is 0. The summed E-state index contributed by atoms with van der Waals surface area (Å²) in [6.07, 6.45) is 6.59. The molecule has 0 aromatic heterocycles. The first-order valence-electron chi connectivity index (χ1n) is 10.7. The number of piperazine rings is 1. The molecule has 4 nitrogen and oxygen atoms in total. The van der Waals surface area contributed by atoms with E-state index < -0.39 is 0 Å². The summed E-state index contributed by atoms with van der Waals surface area (Å²) < 4.78 is 5.44. The lowest BCUT2D eigenvalue weighted by Crippen LogP contribution is -2.44. The van der Waals surface area contributed by atoms with Crippen LogP contribution in [-0.4, -0.2) is 48.6 Å². The standard InChI is InChI=1S/C25H32N2O2/c1-4-6-20(3)27-11-9-26(10-12-27)17-22-8-5-7-21(14-22)16-25-15-19(2)13-23(25)18-29-24(25)28/h4-8,14,23H,2-3,9-13,15-18H2,1H3/b6-4-. The number of esters is 1. The first-order chi connectivity index (χ1) is 14.0. The molecule has 4 rings (SSSR count). The van der Waals surface area contributed by atoms with Crippen LogP contribution in [-0.2, 0) is 22.5 Å². The Morgan fingerprint density at radius 1 is 1.28 bits per heavy atom. The third kappa shape index (κ3) is 4.04. The molecule has 29 heavy (non-hydrogen) atoms. The molecule has 154 valence electrons. The second-order valence-electron chi connectivity index (χ2n) is 8.83. The first-order valence-corrected chi connectivity index (χ1v) is 10.7. The summed E-state index contributed by atoms with van der Waals surface area (Å²) in [5.41, 5.74) is 4.47. The molecule has 4 heteroatoms. The molecule has 0 N–H and O–H groups in total. The van der Waals surface area contributed by atoms with Gasteiger partial charge in [-0.15, -0.1) is 0 Å². The van der Waals surface area contributed by atoms with Gasteiger partial charge in [0.25, 0.3) is 0 Å². The lowest BCUT2D eigenvalue weighted by molar-refractivity contribution is -0.146. The van der Waals surface area contributed by atoms with Crippen LogP contribution in [0.4, 0.5) is 0 Å². The fraction of sp³-hybridized carbons (Fsp3) is 0.480. The summed E-state index contributed by atoms with van der Waals surface area (Å²) in [4.78, 5) is 17.4. The third-order valence-corrected chi connectivity index (χ3v) is 6.76. The molecule has 0 amide bonds. The second kappa shape index (κ2) is 8.19. The van der Waals surface area contributed by atoms with Crippen LogP contribution >= 0.6 is 0 Å². The van der Waals surface area contributed by atoms with Crippen molar-refractivity contribution in [2.24, 2.45) is 11.3 Å². The van der Waals surface area contributed by atoms with Crippen molar-refractivity contribution in [3.8, 4) is 0 Å². The molecular weight excluding hydrogens is 360 g/mol. The number of ether oxygens (including phenoxy) is 1. The van der Waals surface area contributed by atoms with Gasteiger partial charge >= 0.3 is 5.97 Å². The highest BCUT2D eigenvalue weighted by atomic mass is 16.5. The Hall–Kier alpha value is -2.33. The molecule has 1 aromatic rings. The van der Waals surface area contributed by atoms with Gasteiger partial charge in [-0.25, -0.2) is 0 Å². The molecule has 3 fully saturated rings. The van der Waals surface area contributed by atoms with Gasteiger partial charge in [-0.2, -0.15) is 0 Å². The van der Waals surface area contributed by atoms with E-state index in [1.165, 1.54) is 16.7 Å². The minimum Gasteiger partial charge on any atom is -0.465 e. The van der Waals surface area contributed by atoms with Gasteiger partial charge in [0.15, 0.2) is 0 Å². The number of hydrogen-bond donors (Lipinski definition) is 0. The van der Waals surface area contributed by atoms with Crippen molar-refractivity contribution in [2.45, 2.75) is 32.7 Å². The molecule has 1 saturated carbocycles. The zero-order valence-corrected chi connectivity index (χ0v) is 17.5. The molecule has 0 bridgehead atoms. The zero-order valence-electron chi connectivity index (χ0n) is 17.5. The van der Waals surface area contributed by atoms with Crippen LogP contribution in [0.3, 0.4) is 0 Å². The number of benzene rings is 1. The van der Waals surface area contributed by atoms with Crippen molar-refractivity contribution in [1.29, 1.82) is 0 Å². The number of cyclic esters (lactones) is 1. The maximum Gasteiger partial charge on any atom is 0.313 e. The van der Waals surface area contributed by atoms with Crippen molar-refractivity contribution in [3.63, 3.8) is 0 Å². The summed E-state index contributed by atoms with van der Waals surface area (Å²) in [5, 5.41) is 0. The molecule has 0 spiro atoms. The van der Waals surface area contributed by atoms with Crippen molar-refractivity contribution in [3.05, 3.63) is 72.0 Å². The van der Waals surface area contributed by atoms with E-state index in [1.807, 2.05) is 13.0 Å². The van der Waals surface area contributed by atoms with Gasteiger partial charge in [0.1, 0.15) is 0 Å². The Labute approximate surface area is 174 Å². The monoisotopic (exact) mass is 392 g/mol. The van der Waals surface area contributed by atoms with Gasteiger partial charge in [0.05, 0.1) is 12.0 Å². The molecule has 0 radical (unpaired) electrons. The predicted molar refractivity (Wildman–Crippen MR) is 116 cm³/mol. The van der Waals surface area contributed by atoms with Crippen molar-refractivity contribution >= 4 is 5.97 Å². The number of hydrogen-bond acceptors (Lipinski definition) is 4. The van der Waals surface area contributed by atoms with Crippen LogP contribution in [0.25, 0.3) is 0 Å². The number of nitrogens with zero attached hydrogens (tertiary/aromatic N) is 2. The van der Waals surface area contributed by atoms with Crippen LogP contribution in [0.2, 0.25) is 0 Å². The van der Waals surface area contributed by atoms with Crippen LogP contribution in [0, 0.1) is 11.3 Å². The molecule has 2 atom stereocenters. The molecule has 1 aliphatic carbocycles. The SMILES string of the molecule is C=C1CC2COC(=O)C2(Cc2cccc(CN3CCN(C(=C)/C=C\C)CC3)c2)C1. The fourth-order valence-electron chi connectivity index (χ4n) is 5.21. The maximum absolute atomic E-state index is 12.6.